The number of aliphatic imine (C=N–C) groups is 1. The normalized spacial score (nSPS) is 11.6. The first-order valence-corrected chi connectivity index (χ1v) is 9.62. The van der Waals surface area contributed by atoms with Gasteiger partial charge in [-0.15, -0.1) is 0 Å². The average Bonchev–Trinajstić information content (AvgIpc) is 2.62. The molecule has 0 aliphatic rings. The Morgan fingerprint density at radius 1 is 0.923 bits per heavy atom. The highest BCUT2D eigenvalue weighted by Gasteiger charge is 2.17. The van der Waals surface area contributed by atoms with Crippen LogP contribution in [0.4, 0.5) is 5.69 Å². The molecule has 0 heterocycles. The molecule has 26 heavy (non-hydrogen) atoms. The molecule has 0 N–H and O–H groups in total. The van der Waals surface area contributed by atoms with Crippen LogP contribution in [-0.4, -0.2) is 14.6 Å². The summed E-state index contributed by atoms with van der Waals surface area (Å²) in [7, 11) is -3.96. The van der Waals surface area contributed by atoms with Gasteiger partial charge in [-0.05, 0) is 55.5 Å². The van der Waals surface area contributed by atoms with Crippen molar-refractivity contribution in [3.63, 3.8) is 0 Å². The van der Waals surface area contributed by atoms with Crippen LogP contribution in [0.2, 0.25) is 5.02 Å². The highest BCUT2D eigenvalue weighted by atomic mass is 35.5. The molecule has 0 bridgehead atoms. The zero-order valence-corrected chi connectivity index (χ0v) is 15.5. The third-order valence-corrected chi connectivity index (χ3v) is 5.11. The largest absolute Gasteiger partial charge is 0.378 e. The highest BCUT2D eigenvalue weighted by Crippen LogP contribution is 2.23. The Morgan fingerprint density at radius 2 is 1.58 bits per heavy atom. The molecule has 0 saturated carbocycles. The molecule has 0 aliphatic carbocycles. The van der Waals surface area contributed by atoms with Gasteiger partial charge in [0.25, 0.3) is 0 Å². The Morgan fingerprint density at radius 3 is 2.27 bits per heavy atom. The van der Waals surface area contributed by atoms with Crippen LogP contribution in [0.5, 0.6) is 5.75 Å². The smallest absolute Gasteiger partial charge is 0.339 e. The number of benzene rings is 3. The minimum atomic E-state index is -3.96. The number of hydrogen-bond acceptors (Lipinski definition) is 4. The summed E-state index contributed by atoms with van der Waals surface area (Å²) in [5.41, 5.74) is 2.47. The molecule has 0 aliphatic heterocycles. The summed E-state index contributed by atoms with van der Waals surface area (Å²) in [4.78, 5) is 4.41. The van der Waals surface area contributed by atoms with Crippen LogP contribution in [0.1, 0.15) is 11.1 Å². The summed E-state index contributed by atoms with van der Waals surface area (Å²) in [5.74, 6) is 0.207. The average molecular weight is 386 g/mol. The van der Waals surface area contributed by atoms with Gasteiger partial charge in [-0.1, -0.05) is 41.4 Å². The SMILES string of the molecule is Cc1ccc(N=Cc2ccccc2OS(=O)(=O)c2ccc(Cl)cc2)cc1. The van der Waals surface area contributed by atoms with Gasteiger partial charge in [0, 0.05) is 16.8 Å². The maximum absolute atomic E-state index is 12.5. The molecule has 0 amide bonds. The maximum atomic E-state index is 12.5. The molecule has 0 radical (unpaired) electrons. The fraction of sp³-hybridized carbons (Fsp3) is 0.0500. The van der Waals surface area contributed by atoms with Gasteiger partial charge >= 0.3 is 10.1 Å². The molecule has 0 aromatic heterocycles. The lowest BCUT2D eigenvalue weighted by molar-refractivity contribution is 0.485. The lowest BCUT2D eigenvalue weighted by Gasteiger charge is -2.09. The first kappa shape index (κ1) is 18.2. The number of nitrogens with zero attached hydrogens (tertiary/aromatic N) is 1. The van der Waals surface area contributed by atoms with Crippen molar-refractivity contribution >= 4 is 33.6 Å². The Balaban J connectivity index is 1.87. The van der Waals surface area contributed by atoms with E-state index in [2.05, 4.69) is 4.99 Å². The number of para-hydroxylation sites is 1. The van der Waals surface area contributed by atoms with Crippen molar-refractivity contribution in [1.82, 2.24) is 0 Å². The Labute approximate surface area is 157 Å². The zero-order chi connectivity index (χ0) is 18.6. The van der Waals surface area contributed by atoms with E-state index in [1.807, 2.05) is 31.2 Å². The van der Waals surface area contributed by atoms with Gasteiger partial charge in [0.15, 0.2) is 5.75 Å². The number of hydrogen-bond donors (Lipinski definition) is 0. The summed E-state index contributed by atoms with van der Waals surface area (Å²) >= 11 is 5.80. The fourth-order valence-corrected chi connectivity index (χ4v) is 3.29. The second-order valence-corrected chi connectivity index (χ2v) is 7.61. The molecule has 132 valence electrons. The minimum absolute atomic E-state index is 0.0344. The molecule has 0 atom stereocenters. The Hall–Kier alpha value is -2.63. The van der Waals surface area contributed by atoms with Crippen molar-refractivity contribution in [2.24, 2.45) is 4.99 Å². The lowest BCUT2D eigenvalue weighted by Crippen LogP contribution is -2.10. The number of aryl methyl sites for hydroxylation is 1. The summed E-state index contributed by atoms with van der Waals surface area (Å²) in [6, 6.07) is 20.3. The van der Waals surface area contributed by atoms with E-state index in [0.29, 0.717) is 10.6 Å². The Kier molecular flexibility index (Phi) is 5.40. The van der Waals surface area contributed by atoms with Crippen molar-refractivity contribution in [2.75, 3.05) is 0 Å². The third kappa shape index (κ3) is 4.50. The first-order chi connectivity index (χ1) is 12.4. The molecule has 3 aromatic carbocycles. The predicted molar refractivity (Wildman–Crippen MR) is 104 cm³/mol. The molecule has 6 heteroatoms. The second-order valence-electron chi connectivity index (χ2n) is 5.62. The highest BCUT2D eigenvalue weighted by molar-refractivity contribution is 7.87. The Bertz CT molecular complexity index is 1030. The van der Waals surface area contributed by atoms with E-state index < -0.39 is 10.1 Å². The van der Waals surface area contributed by atoms with E-state index in [1.54, 1.807) is 30.5 Å². The van der Waals surface area contributed by atoms with E-state index in [4.69, 9.17) is 15.8 Å². The predicted octanol–water partition coefficient (Wildman–Crippen LogP) is 5.17. The van der Waals surface area contributed by atoms with Gasteiger partial charge in [-0.2, -0.15) is 8.42 Å². The zero-order valence-electron chi connectivity index (χ0n) is 14.0. The molecular weight excluding hydrogens is 370 g/mol. The van der Waals surface area contributed by atoms with Crippen LogP contribution in [0.25, 0.3) is 0 Å². The van der Waals surface area contributed by atoms with Gasteiger partial charge < -0.3 is 4.18 Å². The van der Waals surface area contributed by atoms with E-state index >= 15 is 0 Å². The second kappa shape index (κ2) is 7.72. The van der Waals surface area contributed by atoms with Crippen LogP contribution >= 0.6 is 11.6 Å². The topological polar surface area (TPSA) is 55.7 Å². The molecule has 0 spiro atoms. The van der Waals surface area contributed by atoms with Crippen molar-refractivity contribution in [3.8, 4) is 5.75 Å². The summed E-state index contributed by atoms with van der Waals surface area (Å²) in [6.45, 7) is 2.00. The molecule has 0 fully saturated rings. The fourth-order valence-electron chi connectivity index (χ4n) is 2.21. The molecule has 0 saturated heterocycles. The minimum Gasteiger partial charge on any atom is -0.378 e. The van der Waals surface area contributed by atoms with Crippen molar-refractivity contribution in [3.05, 3.63) is 88.9 Å². The van der Waals surface area contributed by atoms with Crippen molar-refractivity contribution < 1.29 is 12.6 Å². The molecule has 3 rings (SSSR count). The number of rotatable bonds is 5. The van der Waals surface area contributed by atoms with E-state index in [9.17, 15) is 8.42 Å². The van der Waals surface area contributed by atoms with E-state index in [-0.39, 0.29) is 10.6 Å². The molecular formula is C20H16ClNO3S. The van der Waals surface area contributed by atoms with Crippen LogP contribution < -0.4 is 4.18 Å². The lowest BCUT2D eigenvalue weighted by atomic mass is 10.2. The van der Waals surface area contributed by atoms with Crippen molar-refractivity contribution in [1.29, 1.82) is 0 Å². The first-order valence-electron chi connectivity index (χ1n) is 7.84. The third-order valence-electron chi connectivity index (χ3n) is 3.61. The van der Waals surface area contributed by atoms with E-state index in [0.717, 1.165) is 11.3 Å². The van der Waals surface area contributed by atoms with Gasteiger partial charge in [0.05, 0.1) is 5.69 Å². The van der Waals surface area contributed by atoms with Gasteiger partial charge in [-0.3, -0.25) is 4.99 Å². The maximum Gasteiger partial charge on any atom is 0.339 e. The van der Waals surface area contributed by atoms with E-state index in [1.165, 1.54) is 24.3 Å². The standard InChI is InChI=1S/C20H16ClNO3S/c1-15-6-10-18(11-7-15)22-14-16-4-2-3-5-20(16)25-26(23,24)19-12-8-17(21)9-13-19/h2-14H,1H3. The summed E-state index contributed by atoms with van der Waals surface area (Å²) in [5, 5.41) is 0.453. The molecule has 4 nitrogen and oxygen atoms in total. The monoisotopic (exact) mass is 385 g/mol. The number of halogens is 1. The summed E-state index contributed by atoms with van der Waals surface area (Å²) < 4.78 is 30.2. The van der Waals surface area contributed by atoms with Crippen LogP contribution in [0.3, 0.4) is 0 Å². The van der Waals surface area contributed by atoms with Gasteiger partial charge in [0.2, 0.25) is 0 Å². The quantitative estimate of drug-likeness (QED) is 0.450. The van der Waals surface area contributed by atoms with Gasteiger partial charge in [0.1, 0.15) is 4.90 Å². The molecule has 3 aromatic rings. The van der Waals surface area contributed by atoms with Crippen LogP contribution in [-0.2, 0) is 10.1 Å². The van der Waals surface area contributed by atoms with Crippen molar-refractivity contribution in [2.45, 2.75) is 11.8 Å². The van der Waals surface area contributed by atoms with Gasteiger partial charge in [-0.25, -0.2) is 0 Å². The van der Waals surface area contributed by atoms with Crippen LogP contribution in [0, 0.1) is 6.92 Å². The summed E-state index contributed by atoms with van der Waals surface area (Å²) in [6.07, 6.45) is 1.58. The molecule has 0 unspecified atom stereocenters. The van der Waals surface area contributed by atoms with Crippen LogP contribution in [0.15, 0.2) is 82.7 Å².